The number of benzene rings is 1. The maximum atomic E-state index is 6.40. The van der Waals surface area contributed by atoms with Crippen molar-refractivity contribution in [1.29, 1.82) is 0 Å². The molecule has 1 aromatic rings. The Morgan fingerprint density at radius 2 is 1.95 bits per heavy atom. The minimum absolute atomic E-state index is 0.190. The number of halogens is 1. The van der Waals surface area contributed by atoms with E-state index >= 15 is 0 Å². The lowest BCUT2D eigenvalue weighted by atomic mass is 9.52. The van der Waals surface area contributed by atoms with Crippen molar-refractivity contribution in [2.45, 2.75) is 32.1 Å². The Morgan fingerprint density at radius 3 is 2.53 bits per heavy atom. The van der Waals surface area contributed by atoms with Crippen LogP contribution < -0.4 is 5.32 Å². The van der Waals surface area contributed by atoms with Gasteiger partial charge in [0.25, 0.3) is 0 Å². The zero-order valence-electron chi connectivity index (χ0n) is 12.1. The average molecular weight is 282 g/mol. The van der Waals surface area contributed by atoms with Crippen molar-refractivity contribution in [3.05, 3.63) is 34.9 Å². The SMILES string of the molecule is COCCNCC1(c2ccccc2Cl)CC(C)(C)C1. The van der Waals surface area contributed by atoms with Gasteiger partial charge >= 0.3 is 0 Å². The molecule has 0 unspecified atom stereocenters. The molecule has 1 aliphatic carbocycles. The van der Waals surface area contributed by atoms with Crippen molar-refractivity contribution >= 4 is 11.6 Å². The summed E-state index contributed by atoms with van der Waals surface area (Å²) in [5, 5.41) is 4.40. The molecule has 0 aromatic heterocycles. The molecule has 1 fully saturated rings. The Morgan fingerprint density at radius 1 is 1.26 bits per heavy atom. The predicted octanol–water partition coefficient (Wildman–Crippen LogP) is 3.63. The predicted molar refractivity (Wildman–Crippen MR) is 80.9 cm³/mol. The molecule has 0 aliphatic heterocycles. The summed E-state index contributed by atoms with van der Waals surface area (Å²) in [5.41, 5.74) is 1.90. The summed E-state index contributed by atoms with van der Waals surface area (Å²) in [6.45, 7) is 7.28. The largest absolute Gasteiger partial charge is 0.383 e. The number of ether oxygens (including phenoxy) is 1. The summed E-state index contributed by atoms with van der Waals surface area (Å²) in [4.78, 5) is 0. The van der Waals surface area contributed by atoms with Gasteiger partial charge in [-0.15, -0.1) is 0 Å². The summed E-state index contributed by atoms with van der Waals surface area (Å²) in [6.07, 6.45) is 2.37. The Hall–Kier alpha value is -0.570. The fourth-order valence-corrected chi connectivity index (χ4v) is 3.92. The molecule has 3 heteroatoms. The highest BCUT2D eigenvalue weighted by molar-refractivity contribution is 6.31. The van der Waals surface area contributed by atoms with Crippen LogP contribution in [0.1, 0.15) is 32.3 Å². The molecule has 0 atom stereocenters. The van der Waals surface area contributed by atoms with E-state index in [2.05, 4.69) is 31.3 Å². The van der Waals surface area contributed by atoms with Crippen LogP contribution in [0.4, 0.5) is 0 Å². The average Bonchev–Trinajstić information content (AvgIpc) is 2.32. The number of hydrogen-bond donors (Lipinski definition) is 1. The highest BCUT2D eigenvalue weighted by Gasteiger charge is 2.50. The normalized spacial score (nSPS) is 20.0. The fraction of sp³-hybridized carbons (Fsp3) is 0.625. The highest BCUT2D eigenvalue weighted by atomic mass is 35.5. The molecule has 0 spiro atoms. The molecule has 0 radical (unpaired) electrons. The van der Waals surface area contributed by atoms with E-state index in [-0.39, 0.29) is 5.41 Å². The van der Waals surface area contributed by atoms with Gasteiger partial charge in [0.15, 0.2) is 0 Å². The molecule has 106 valence electrons. The fourth-order valence-electron chi connectivity index (χ4n) is 3.58. The zero-order valence-corrected chi connectivity index (χ0v) is 12.9. The van der Waals surface area contributed by atoms with E-state index in [0.717, 1.165) is 24.7 Å². The van der Waals surface area contributed by atoms with Crippen molar-refractivity contribution in [3.8, 4) is 0 Å². The lowest BCUT2D eigenvalue weighted by molar-refractivity contribution is 0.0549. The first kappa shape index (κ1) is 14.8. The second-order valence-corrected chi connectivity index (χ2v) is 6.85. The van der Waals surface area contributed by atoms with Crippen molar-refractivity contribution in [1.82, 2.24) is 5.32 Å². The molecule has 0 amide bonds. The van der Waals surface area contributed by atoms with Gasteiger partial charge in [-0.2, -0.15) is 0 Å². The van der Waals surface area contributed by atoms with Gasteiger partial charge in [-0.25, -0.2) is 0 Å². The molecule has 1 aliphatic rings. The molecule has 1 aromatic carbocycles. The third kappa shape index (κ3) is 3.31. The van der Waals surface area contributed by atoms with Crippen LogP contribution in [-0.2, 0) is 10.2 Å². The quantitative estimate of drug-likeness (QED) is 0.804. The van der Waals surface area contributed by atoms with Gasteiger partial charge in [0.05, 0.1) is 6.61 Å². The maximum absolute atomic E-state index is 6.40. The Balaban J connectivity index is 2.11. The van der Waals surface area contributed by atoms with E-state index in [1.807, 2.05) is 12.1 Å². The second-order valence-electron chi connectivity index (χ2n) is 6.45. The minimum atomic E-state index is 0.190. The molecule has 2 rings (SSSR count). The van der Waals surface area contributed by atoms with E-state index in [1.54, 1.807) is 7.11 Å². The maximum Gasteiger partial charge on any atom is 0.0587 e. The van der Waals surface area contributed by atoms with Crippen LogP contribution >= 0.6 is 11.6 Å². The van der Waals surface area contributed by atoms with Gasteiger partial charge < -0.3 is 10.1 Å². The van der Waals surface area contributed by atoms with E-state index in [9.17, 15) is 0 Å². The van der Waals surface area contributed by atoms with Crippen LogP contribution in [0.3, 0.4) is 0 Å². The second kappa shape index (κ2) is 5.82. The summed E-state index contributed by atoms with van der Waals surface area (Å²) >= 11 is 6.40. The first-order valence-electron chi connectivity index (χ1n) is 6.94. The van der Waals surface area contributed by atoms with Gasteiger partial charge in [-0.3, -0.25) is 0 Å². The first-order chi connectivity index (χ1) is 8.99. The van der Waals surface area contributed by atoms with Gasteiger partial charge in [0.1, 0.15) is 0 Å². The molecule has 2 nitrogen and oxygen atoms in total. The van der Waals surface area contributed by atoms with Crippen LogP contribution in [0.5, 0.6) is 0 Å². The third-order valence-corrected chi connectivity index (χ3v) is 4.36. The summed E-state index contributed by atoms with van der Waals surface area (Å²) < 4.78 is 5.09. The van der Waals surface area contributed by atoms with Crippen LogP contribution in [-0.4, -0.2) is 26.8 Å². The van der Waals surface area contributed by atoms with Crippen molar-refractivity contribution < 1.29 is 4.74 Å². The molecule has 0 bridgehead atoms. The first-order valence-corrected chi connectivity index (χ1v) is 7.32. The molecule has 1 saturated carbocycles. The molecular formula is C16H24ClNO. The number of rotatable bonds is 6. The third-order valence-electron chi connectivity index (χ3n) is 4.03. The van der Waals surface area contributed by atoms with E-state index < -0.39 is 0 Å². The van der Waals surface area contributed by atoms with Crippen molar-refractivity contribution in [3.63, 3.8) is 0 Å². The van der Waals surface area contributed by atoms with Crippen LogP contribution in [0, 0.1) is 5.41 Å². The summed E-state index contributed by atoms with van der Waals surface area (Å²) in [6, 6.07) is 8.26. The molecule has 0 heterocycles. The molecule has 19 heavy (non-hydrogen) atoms. The summed E-state index contributed by atoms with van der Waals surface area (Å²) in [7, 11) is 1.73. The monoisotopic (exact) mass is 281 g/mol. The van der Waals surface area contributed by atoms with Crippen LogP contribution in [0.25, 0.3) is 0 Å². The molecule has 0 saturated heterocycles. The van der Waals surface area contributed by atoms with Gasteiger partial charge in [0, 0.05) is 30.6 Å². The summed E-state index contributed by atoms with van der Waals surface area (Å²) in [5.74, 6) is 0. The van der Waals surface area contributed by atoms with E-state index in [4.69, 9.17) is 16.3 Å². The molecular weight excluding hydrogens is 258 g/mol. The highest BCUT2D eigenvalue weighted by Crippen LogP contribution is 2.56. The molecule has 1 N–H and O–H groups in total. The lowest BCUT2D eigenvalue weighted by Crippen LogP contribution is -2.53. The number of hydrogen-bond acceptors (Lipinski definition) is 2. The Kier molecular flexibility index (Phi) is 4.54. The van der Waals surface area contributed by atoms with Gasteiger partial charge in [0.2, 0.25) is 0 Å². The van der Waals surface area contributed by atoms with Crippen molar-refractivity contribution in [2.24, 2.45) is 5.41 Å². The number of methoxy groups -OCH3 is 1. The van der Waals surface area contributed by atoms with Gasteiger partial charge in [-0.05, 0) is 29.9 Å². The number of nitrogens with one attached hydrogen (secondary N) is 1. The van der Waals surface area contributed by atoms with Crippen LogP contribution in [0.2, 0.25) is 5.02 Å². The van der Waals surface area contributed by atoms with E-state index in [0.29, 0.717) is 5.41 Å². The Bertz CT molecular complexity index is 423. The Labute approximate surface area is 121 Å². The lowest BCUT2D eigenvalue weighted by Gasteiger charge is -2.54. The van der Waals surface area contributed by atoms with E-state index in [1.165, 1.54) is 18.4 Å². The standard InChI is InChI=1S/C16H24ClNO/c1-15(2)10-16(11-15,12-18-8-9-19-3)13-6-4-5-7-14(13)17/h4-7,18H,8-12H2,1-3H3. The van der Waals surface area contributed by atoms with Crippen molar-refractivity contribution in [2.75, 3.05) is 26.8 Å². The topological polar surface area (TPSA) is 21.3 Å². The van der Waals surface area contributed by atoms with Gasteiger partial charge in [-0.1, -0.05) is 43.6 Å². The minimum Gasteiger partial charge on any atom is -0.383 e. The smallest absolute Gasteiger partial charge is 0.0587 e. The van der Waals surface area contributed by atoms with Crippen LogP contribution in [0.15, 0.2) is 24.3 Å². The zero-order chi connectivity index (χ0) is 13.9.